The van der Waals surface area contributed by atoms with E-state index in [1.807, 2.05) is 12.1 Å². The average Bonchev–Trinajstić information content (AvgIpc) is 2.97. The molecule has 1 aromatic heterocycles. The molecule has 1 N–H and O–H groups in total. The smallest absolute Gasteiger partial charge is 0.326 e. The van der Waals surface area contributed by atoms with E-state index in [1.165, 1.54) is 11.1 Å². The third kappa shape index (κ3) is 2.34. The number of halogens is 1. The number of rotatable bonds is 2. The van der Waals surface area contributed by atoms with Crippen molar-refractivity contribution in [3.8, 4) is 0 Å². The predicted molar refractivity (Wildman–Crippen MR) is 78.4 cm³/mol. The number of amides is 1. The van der Waals surface area contributed by atoms with Gasteiger partial charge >= 0.3 is 5.97 Å². The molecule has 6 heteroatoms. The largest absolute Gasteiger partial charge is 0.480 e. The standard InChI is InChI=1S/C15H13ClN2O3/c16-13-10-5-2-1-4-9(10)11(8-17-13)14(19)18-7-3-6-12(18)15(20)21/h1-2,4-5,8,12H,3,6-7H2,(H,20,21)/t12-/m0/s1. The lowest BCUT2D eigenvalue weighted by Gasteiger charge is -2.22. The number of nitrogens with zero attached hydrogens (tertiary/aromatic N) is 2. The molecule has 1 aromatic carbocycles. The summed E-state index contributed by atoms with van der Waals surface area (Å²) in [6.45, 7) is 0.451. The Morgan fingerprint density at radius 2 is 2.00 bits per heavy atom. The van der Waals surface area contributed by atoms with Gasteiger partial charge in [-0.15, -0.1) is 0 Å². The first-order chi connectivity index (χ1) is 10.1. The molecule has 5 nitrogen and oxygen atoms in total. The number of hydrogen-bond donors (Lipinski definition) is 1. The van der Waals surface area contributed by atoms with Crippen LogP contribution in [0.15, 0.2) is 30.5 Å². The van der Waals surface area contributed by atoms with E-state index in [0.29, 0.717) is 40.9 Å². The molecule has 1 aliphatic rings. The molecule has 0 radical (unpaired) electrons. The molecule has 3 rings (SSSR count). The summed E-state index contributed by atoms with van der Waals surface area (Å²) in [6, 6.07) is 6.46. The summed E-state index contributed by atoms with van der Waals surface area (Å²) < 4.78 is 0. The summed E-state index contributed by atoms with van der Waals surface area (Å²) in [6.07, 6.45) is 2.60. The Morgan fingerprint density at radius 3 is 2.71 bits per heavy atom. The number of carboxylic acids is 1. The fraction of sp³-hybridized carbons (Fsp3) is 0.267. The van der Waals surface area contributed by atoms with Crippen molar-refractivity contribution in [1.82, 2.24) is 9.88 Å². The van der Waals surface area contributed by atoms with Crippen LogP contribution in [-0.4, -0.2) is 39.5 Å². The van der Waals surface area contributed by atoms with Gasteiger partial charge in [-0.05, 0) is 18.2 Å². The highest BCUT2D eigenvalue weighted by Crippen LogP contribution is 2.27. The minimum Gasteiger partial charge on any atom is -0.480 e. The van der Waals surface area contributed by atoms with E-state index in [-0.39, 0.29) is 5.91 Å². The van der Waals surface area contributed by atoms with Gasteiger partial charge in [-0.3, -0.25) is 4.79 Å². The SMILES string of the molecule is O=C(O)[C@@H]1CCCN1C(=O)c1cnc(Cl)c2ccccc12. The summed E-state index contributed by atoms with van der Waals surface area (Å²) in [4.78, 5) is 29.3. The van der Waals surface area contributed by atoms with E-state index >= 15 is 0 Å². The van der Waals surface area contributed by atoms with E-state index in [0.717, 1.165) is 0 Å². The molecule has 0 spiro atoms. The van der Waals surface area contributed by atoms with Gasteiger partial charge in [-0.1, -0.05) is 35.9 Å². The summed E-state index contributed by atoms with van der Waals surface area (Å²) in [5.41, 5.74) is 0.392. The Kier molecular flexibility index (Phi) is 3.51. The van der Waals surface area contributed by atoms with Crippen LogP contribution in [0.5, 0.6) is 0 Å². The Hall–Kier alpha value is -2.14. The highest BCUT2D eigenvalue weighted by Gasteiger charge is 2.35. The van der Waals surface area contributed by atoms with Gasteiger partial charge in [0.25, 0.3) is 5.91 Å². The van der Waals surface area contributed by atoms with Crippen LogP contribution in [-0.2, 0) is 4.79 Å². The van der Waals surface area contributed by atoms with Crippen LogP contribution in [0.4, 0.5) is 0 Å². The molecule has 1 amide bonds. The van der Waals surface area contributed by atoms with Crippen molar-refractivity contribution < 1.29 is 14.7 Å². The van der Waals surface area contributed by atoms with Crippen LogP contribution in [0.2, 0.25) is 5.15 Å². The number of fused-ring (bicyclic) bond motifs is 1. The molecule has 21 heavy (non-hydrogen) atoms. The van der Waals surface area contributed by atoms with Crippen LogP contribution < -0.4 is 0 Å². The van der Waals surface area contributed by atoms with Crippen LogP contribution in [0.25, 0.3) is 10.8 Å². The van der Waals surface area contributed by atoms with Gasteiger partial charge in [-0.2, -0.15) is 0 Å². The summed E-state index contributed by atoms with van der Waals surface area (Å²) in [5.74, 6) is -1.27. The van der Waals surface area contributed by atoms with Crippen molar-refractivity contribution in [2.75, 3.05) is 6.54 Å². The van der Waals surface area contributed by atoms with Gasteiger partial charge < -0.3 is 10.0 Å². The van der Waals surface area contributed by atoms with E-state index in [2.05, 4.69) is 4.98 Å². The fourth-order valence-corrected chi connectivity index (χ4v) is 2.96. The molecule has 1 saturated heterocycles. The zero-order chi connectivity index (χ0) is 15.0. The molecule has 0 bridgehead atoms. The predicted octanol–water partition coefficient (Wildman–Crippen LogP) is 2.58. The summed E-state index contributed by atoms with van der Waals surface area (Å²) >= 11 is 6.04. The Morgan fingerprint density at radius 1 is 1.29 bits per heavy atom. The van der Waals surface area contributed by atoms with Crippen molar-refractivity contribution in [2.45, 2.75) is 18.9 Å². The Balaban J connectivity index is 2.06. The molecule has 1 fully saturated rings. The third-order valence-electron chi connectivity index (χ3n) is 3.78. The lowest BCUT2D eigenvalue weighted by atomic mass is 10.1. The molecule has 0 unspecified atom stereocenters. The average molecular weight is 305 g/mol. The van der Waals surface area contributed by atoms with Gasteiger partial charge in [0.05, 0.1) is 5.56 Å². The van der Waals surface area contributed by atoms with E-state index in [9.17, 15) is 14.7 Å². The number of likely N-dealkylation sites (tertiary alicyclic amines) is 1. The van der Waals surface area contributed by atoms with Crippen molar-refractivity contribution in [3.63, 3.8) is 0 Å². The minimum absolute atomic E-state index is 0.305. The molecule has 2 heterocycles. The van der Waals surface area contributed by atoms with E-state index in [1.54, 1.807) is 12.1 Å². The first-order valence-corrected chi connectivity index (χ1v) is 7.04. The highest BCUT2D eigenvalue weighted by atomic mass is 35.5. The summed E-state index contributed by atoms with van der Waals surface area (Å²) in [7, 11) is 0. The minimum atomic E-state index is -0.966. The molecule has 108 valence electrons. The summed E-state index contributed by atoms with van der Waals surface area (Å²) in [5, 5.41) is 10.9. The van der Waals surface area contributed by atoms with Crippen LogP contribution >= 0.6 is 11.6 Å². The van der Waals surface area contributed by atoms with E-state index in [4.69, 9.17) is 11.6 Å². The number of carbonyl (C=O) groups excluding carboxylic acids is 1. The second kappa shape index (κ2) is 5.33. The number of hydrogen-bond acceptors (Lipinski definition) is 3. The number of pyridine rings is 1. The van der Waals surface area contributed by atoms with Gasteiger partial charge in [0.1, 0.15) is 11.2 Å². The second-order valence-corrected chi connectivity index (χ2v) is 5.36. The fourth-order valence-electron chi connectivity index (χ4n) is 2.75. The molecule has 1 aliphatic heterocycles. The first-order valence-electron chi connectivity index (χ1n) is 6.66. The van der Waals surface area contributed by atoms with Crippen molar-refractivity contribution >= 4 is 34.2 Å². The monoisotopic (exact) mass is 304 g/mol. The quantitative estimate of drug-likeness (QED) is 0.866. The van der Waals surface area contributed by atoms with Gasteiger partial charge in [0.2, 0.25) is 0 Å². The van der Waals surface area contributed by atoms with Crippen LogP contribution in [0.3, 0.4) is 0 Å². The Bertz CT molecular complexity index is 732. The van der Waals surface area contributed by atoms with Gasteiger partial charge in [0.15, 0.2) is 0 Å². The van der Waals surface area contributed by atoms with Crippen molar-refractivity contribution in [1.29, 1.82) is 0 Å². The Labute approximate surface area is 126 Å². The highest BCUT2D eigenvalue weighted by molar-refractivity contribution is 6.34. The number of aromatic nitrogens is 1. The van der Waals surface area contributed by atoms with Crippen LogP contribution in [0, 0.1) is 0 Å². The van der Waals surface area contributed by atoms with Gasteiger partial charge in [0, 0.05) is 18.1 Å². The van der Waals surface area contributed by atoms with E-state index < -0.39 is 12.0 Å². The van der Waals surface area contributed by atoms with Gasteiger partial charge in [-0.25, -0.2) is 9.78 Å². The molecule has 1 atom stereocenters. The first kappa shape index (κ1) is 13.8. The second-order valence-electron chi connectivity index (χ2n) is 5.00. The third-order valence-corrected chi connectivity index (χ3v) is 4.08. The van der Waals surface area contributed by atoms with Crippen LogP contribution in [0.1, 0.15) is 23.2 Å². The molecule has 0 aliphatic carbocycles. The van der Waals surface area contributed by atoms with Crippen molar-refractivity contribution in [3.05, 3.63) is 41.2 Å². The zero-order valence-corrected chi connectivity index (χ0v) is 11.9. The lowest BCUT2D eigenvalue weighted by molar-refractivity contribution is -0.141. The zero-order valence-electron chi connectivity index (χ0n) is 11.1. The maximum Gasteiger partial charge on any atom is 0.326 e. The normalized spacial score (nSPS) is 18.1. The number of benzene rings is 1. The molecular formula is C15H13ClN2O3. The molecule has 2 aromatic rings. The number of carbonyl (C=O) groups is 2. The lowest BCUT2D eigenvalue weighted by Crippen LogP contribution is -2.40. The molecule has 0 saturated carbocycles. The van der Waals surface area contributed by atoms with Crippen molar-refractivity contribution in [2.24, 2.45) is 0 Å². The molecular weight excluding hydrogens is 292 g/mol. The topological polar surface area (TPSA) is 70.5 Å². The number of aliphatic carboxylic acids is 1. The number of carboxylic acid groups (broad SMARTS) is 1. The maximum absolute atomic E-state index is 12.7. The maximum atomic E-state index is 12.7.